The molecule has 0 spiro atoms. The van der Waals surface area contributed by atoms with E-state index in [2.05, 4.69) is 21.2 Å². The van der Waals surface area contributed by atoms with E-state index in [-0.39, 0.29) is 24.2 Å². The van der Waals surface area contributed by atoms with Gasteiger partial charge in [0.05, 0.1) is 0 Å². The van der Waals surface area contributed by atoms with Crippen molar-refractivity contribution >= 4 is 21.8 Å². The standard InChI is InChI=1S/C14H20BrFN2O/c1-9(17)6-13(19)18-8-14(2,3)11-7-10(15)4-5-12(11)16/h4-5,7,9H,6,8,17H2,1-3H3,(H,18,19). The summed E-state index contributed by atoms with van der Waals surface area (Å²) in [6, 6.07) is 4.65. The molecule has 0 aliphatic heterocycles. The van der Waals surface area contributed by atoms with E-state index in [1.165, 1.54) is 6.07 Å². The molecule has 0 aliphatic carbocycles. The topological polar surface area (TPSA) is 55.1 Å². The van der Waals surface area contributed by atoms with Crippen molar-refractivity contribution in [1.82, 2.24) is 5.32 Å². The molecular formula is C14H20BrFN2O. The highest BCUT2D eigenvalue weighted by molar-refractivity contribution is 9.10. The van der Waals surface area contributed by atoms with E-state index < -0.39 is 5.41 Å². The van der Waals surface area contributed by atoms with Crippen LogP contribution in [0.15, 0.2) is 22.7 Å². The number of hydrogen-bond donors (Lipinski definition) is 2. The summed E-state index contributed by atoms with van der Waals surface area (Å²) in [6.45, 7) is 5.93. The molecule has 19 heavy (non-hydrogen) atoms. The van der Waals surface area contributed by atoms with Gasteiger partial charge < -0.3 is 11.1 Å². The molecule has 0 fully saturated rings. The lowest BCUT2D eigenvalue weighted by Crippen LogP contribution is -2.39. The molecule has 5 heteroatoms. The van der Waals surface area contributed by atoms with Gasteiger partial charge in [-0.15, -0.1) is 0 Å². The van der Waals surface area contributed by atoms with Gasteiger partial charge >= 0.3 is 0 Å². The Morgan fingerprint density at radius 2 is 2.16 bits per heavy atom. The first-order chi connectivity index (χ1) is 8.72. The summed E-state index contributed by atoms with van der Waals surface area (Å²) in [4.78, 5) is 11.6. The smallest absolute Gasteiger partial charge is 0.221 e. The second-order valence-corrected chi connectivity index (χ2v) is 6.38. The third kappa shape index (κ3) is 4.91. The molecule has 0 aromatic heterocycles. The Balaban J connectivity index is 2.75. The third-order valence-electron chi connectivity index (χ3n) is 2.89. The van der Waals surface area contributed by atoms with Crippen LogP contribution in [-0.4, -0.2) is 18.5 Å². The summed E-state index contributed by atoms with van der Waals surface area (Å²) < 4.78 is 14.7. The number of nitrogens with one attached hydrogen (secondary N) is 1. The first-order valence-corrected chi connectivity index (χ1v) is 6.99. The average molecular weight is 331 g/mol. The zero-order valence-corrected chi connectivity index (χ0v) is 13.1. The summed E-state index contributed by atoms with van der Waals surface area (Å²) >= 11 is 3.33. The van der Waals surface area contributed by atoms with Crippen LogP contribution < -0.4 is 11.1 Å². The van der Waals surface area contributed by atoms with Crippen molar-refractivity contribution in [3.05, 3.63) is 34.1 Å². The molecule has 0 saturated heterocycles. The van der Waals surface area contributed by atoms with Gasteiger partial charge in [-0.1, -0.05) is 29.8 Å². The predicted octanol–water partition coefficient (Wildman–Crippen LogP) is 2.72. The lowest BCUT2D eigenvalue weighted by Gasteiger charge is -2.26. The lowest BCUT2D eigenvalue weighted by molar-refractivity contribution is -0.121. The molecular weight excluding hydrogens is 311 g/mol. The Kier molecular flexibility index (Phi) is 5.50. The Hall–Kier alpha value is -0.940. The molecule has 1 aromatic carbocycles. The Morgan fingerprint density at radius 3 is 2.74 bits per heavy atom. The minimum atomic E-state index is -0.485. The number of amides is 1. The number of rotatable bonds is 5. The summed E-state index contributed by atoms with van der Waals surface area (Å²) in [5.41, 5.74) is 5.65. The first-order valence-electron chi connectivity index (χ1n) is 6.20. The van der Waals surface area contributed by atoms with Crippen LogP contribution in [0.1, 0.15) is 32.8 Å². The van der Waals surface area contributed by atoms with E-state index in [1.54, 1.807) is 19.1 Å². The molecule has 0 radical (unpaired) electrons. The molecule has 0 bridgehead atoms. The largest absolute Gasteiger partial charge is 0.355 e. The summed E-state index contributed by atoms with van der Waals surface area (Å²) in [5, 5.41) is 2.80. The van der Waals surface area contributed by atoms with Crippen LogP contribution in [0.3, 0.4) is 0 Å². The minimum Gasteiger partial charge on any atom is -0.355 e. The zero-order valence-electron chi connectivity index (χ0n) is 11.5. The van der Waals surface area contributed by atoms with Crippen LogP contribution in [0.5, 0.6) is 0 Å². The average Bonchev–Trinajstić information content (AvgIpc) is 2.29. The highest BCUT2D eigenvalue weighted by Crippen LogP contribution is 2.27. The van der Waals surface area contributed by atoms with Crippen molar-refractivity contribution in [2.24, 2.45) is 5.73 Å². The van der Waals surface area contributed by atoms with E-state index in [0.29, 0.717) is 12.1 Å². The molecule has 1 aromatic rings. The third-order valence-corrected chi connectivity index (χ3v) is 3.39. The second kappa shape index (κ2) is 6.48. The van der Waals surface area contributed by atoms with Crippen molar-refractivity contribution < 1.29 is 9.18 Å². The van der Waals surface area contributed by atoms with Crippen molar-refractivity contribution in [2.75, 3.05) is 6.54 Å². The Labute approximate surface area is 121 Å². The fraction of sp³-hybridized carbons (Fsp3) is 0.500. The molecule has 3 N–H and O–H groups in total. The number of hydrogen-bond acceptors (Lipinski definition) is 2. The van der Waals surface area contributed by atoms with Gasteiger partial charge in [-0.05, 0) is 30.7 Å². The SMILES string of the molecule is CC(N)CC(=O)NCC(C)(C)c1cc(Br)ccc1F. The molecule has 1 amide bonds. The monoisotopic (exact) mass is 330 g/mol. The van der Waals surface area contributed by atoms with Crippen molar-refractivity contribution in [2.45, 2.75) is 38.6 Å². The quantitative estimate of drug-likeness (QED) is 0.872. The fourth-order valence-corrected chi connectivity index (χ4v) is 2.16. The van der Waals surface area contributed by atoms with E-state index in [1.807, 2.05) is 13.8 Å². The van der Waals surface area contributed by atoms with Gasteiger partial charge in [-0.2, -0.15) is 0 Å². The van der Waals surface area contributed by atoms with Gasteiger partial charge in [0.15, 0.2) is 0 Å². The van der Waals surface area contributed by atoms with Crippen molar-refractivity contribution in [3.8, 4) is 0 Å². The molecule has 0 saturated carbocycles. The molecule has 3 nitrogen and oxygen atoms in total. The Bertz CT molecular complexity index is 461. The molecule has 0 aliphatic rings. The number of nitrogens with two attached hydrogens (primary N) is 1. The van der Waals surface area contributed by atoms with E-state index >= 15 is 0 Å². The van der Waals surface area contributed by atoms with Crippen LogP contribution in [0.4, 0.5) is 4.39 Å². The van der Waals surface area contributed by atoms with E-state index in [9.17, 15) is 9.18 Å². The molecule has 0 heterocycles. The summed E-state index contributed by atoms with van der Waals surface area (Å²) in [6.07, 6.45) is 0.275. The van der Waals surface area contributed by atoms with E-state index in [0.717, 1.165) is 4.47 Å². The molecule has 106 valence electrons. The maximum atomic E-state index is 13.8. The van der Waals surface area contributed by atoms with E-state index in [4.69, 9.17) is 5.73 Å². The highest BCUT2D eigenvalue weighted by atomic mass is 79.9. The maximum Gasteiger partial charge on any atom is 0.221 e. The van der Waals surface area contributed by atoms with Gasteiger partial charge in [0.25, 0.3) is 0 Å². The maximum absolute atomic E-state index is 13.8. The van der Waals surface area contributed by atoms with Crippen LogP contribution in [0.2, 0.25) is 0 Å². The lowest BCUT2D eigenvalue weighted by atomic mass is 9.84. The number of benzene rings is 1. The number of carbonyl (C=O) groups is 1. The van der Waals surface area contributed by atoms with Crippen molar-refractivity contribution in [3.63, 3.8) is 0 Å². The van der Waals surface area contributed by atoms with Crippen LogP contribution >= 0.6 is 15.9 Å². The van der Waals surface area contributed by atoms with Crippen LogP contribution in [0.25, 0.3) is 0 Å². The minimum absolute atomic E-state index is 0.113. The fourth-order valence-electron chi connectivity index (χ4n) is 1.80. The first kappa shape index (κ1) is 16.1. The van der Waals surface area contributed by atoms with Gasteiger partial charge in [0.2, 0.25) is 5.91 Å². The number of carbonyl (C=O) groups excluding carboxylic acids is 1. The van der Waals surface area contributed by atoms with Gasteiger partial charge in [-0.25, -0.2) is 4.39 Å². The zero-order chi connectivity index (χ0) is 14.6. The highest BCUT2D eigenvalue weighted by Gasteiger charge is 2.25. The van der Waals surface area contributed by atoms with Gasteiger partial charge in [0, 0.05) is 28.9 Å². The number of halogens is 2. The Morgan fingerprint density at radius 1 is 1.53 bits per heavy atom. The molecule has 1 rings (SSSR count). The van der Waals surface area contributed by atoms with Crippen LogP contribution in [0, 0.1) is 5.82 Å². The van der Waals surface area contributed by atoms with Crippen LogP contribution in [-0.2, 0) is 10.2 Å². The normalized spacial score (nSPS) is 13.2. The molecule has 1 atom stereocenters. The summed E-state index contributed by atoms with van der Waals surface area (Å²) in [7, 11) is 0. The predicted molar refractivity (Wildman–Crippen MR) is 78.4 cm³/mol. The second-order valence-electron chi connectivity index (χ2n) is 5.47. The van der Waals surface area contributed by atoms with Gasteiger partial charge in [0.1, 0.15) is 5.82 Å². The summed E-state index contributed by atoms with van der Waals surface area (Å²) in [5.74, 6) is -0.381. The van der Waals surface area contributed by atoms with Gasteiger partial charge in [-0.3, -0.25) is 4.79 Å². The molecule has 1 unspecified atom stereocenters. The van der Waals surface area contributed by atoms with Crippen molar-refractivity contribution in [1.29, 1.82) is 0 Å².